The molecule has 6 N–H and O–H groups in total. The van der Waals surface area contributed by atoms with Gasteiger partial charge in [-0.25, -0.2) is 0 Å². The summed E-state index contributed by atoms with van der Waals surface area (Å²) in [5, 5.41) is 33.9. The molecule has 0 radical (unpaired) electrons. The predicted octanol–water partition coefficient (Wildman–Crippen LogP) is 3.01. The molecule has 3 atom stereocenters. The number of unbranched alkanes of at least 4 members (excludes halogenated alkanes) is 1. The first-order valence-corrected chi connectivity index (χ1v) is 13.3. The molecular weight excluding hydrogens is 486 g/mol. The van der Waals surface area contributed by atoms with E-state index in [9.17, 15) is 29.7 Å². The number of nitrogens with zero attached hydrogens (tertiary/aromatic N) is 1. The van der Waals surface area contributed by atoms with Crippen molar-refractivity contribution in [2.24, 2.45) is 5.73 Å². The number of phenols is 1. The van der Waals surface area contributed by atoms with Gasteiger partial charge in [0.15, 0.2) is 0 Å². The molecule has 0 saturated carbocycles. The van der Waals surface area contributed by atoms with Crippen LogP contribution in [-0.2, 0) is 6.42 Å². The van der Waals surface area contributed by atoms with Crippen LogP contribution in [0, 0.1) is 0 Å². The number of primary amides is 1. The molecule has 0 aromatic heterocycles. The maximum atomic E-state index is 13.4. The lowest BCUT2D eigenvalue weighted by atomic mass is 9.94. The highest BCUT2D eigenvalue weighted by atomic mass is 16.3. The zero-order chi connectivity index (χ0) is 28.2. The van der Waals surface area contributed by atoms with Gasteiger partial charge in [-0.2, -0.15) is 0 Å². The highest BCUT2D eigenvalue weighted by molar-refractivity contribution is 6.04. The first kappa shape index (κ1) is 30.8. The smallest absolute Gasteiger partial charge is 0.253 e. The van der Waals surface area contributed by atoms with Crippen molar-refractivity contribution >= 4 is 17.7 Å². The average Bonchev–Trinajstić information content (AvgIpc) is 2.91. The standard InChI is InChI=1S/C29H41N3O6/c1-4-7-8-25(34)26(35)24(15-19-9-11-23(33)12-10-19)31-28(37)21-16-20(27(30)36)17-22(18-21)29(38)32(13-5-2)14-6-3/h9-12,16-18,24-26,33-35H,4-8,13-15H2,1-3H3,(H2,30,36)(H,31,37). The Morgan fingerprint density at radius 3 is 2.03 bits per heavy atom. The van der Waals surface area contributed by atoms with E-state index in [2.05, 4.69) is 5.32 Å². The van der Waals surface area contributed by atoms with Crippen LogP contribution < -0.4 is 11.1 Å². The minimum atomic E-state index is -1.27. The van der Waals surface area contributed by atoms with Crippen LogP contribution in [0.2, 0.25) is 0 Å². The quantitative estimate of drug-likeness (QED) is 0.240. The van der Waals surface area contributed by atoms with Crippen LogP contribution >= 0.6 is 0 Å². The van der Waals surface area contributed by atoms with E-state index in [1.54, 1.807) is 17.0 Å². The number of nitrogens with two attached hydrogens (primary N) is 1. The summed E-state index contributed by atoms with van der Waals surface area (Å²) in [4.78, 5) is 40.3. The van der Waals surface area contributed by atoms with Crippen LogP contribution in [0.5, 0.6) is 5.75 Å². The zero-order valence-electron chi connectivity index (χ0n) is 22.5. The Morgan fingerprint density at radius 2 is 1.47 bits per heavy atom. The molecule has 3 amide bonds. The predicted molar refractivity (Wildman–Crippen MR) is 146 cm³/mol. The Bertz CT molecular complexity index is 1070. The Kier molecular flexibility index (Phi) is 12.2. The summed E-state index contributed by atoms with van der Waals surface area (Å²) in [6.07, 6.45) is 1.25. The van der Waals surface area contributed by atoms with Crippen molar-refractivity contribution in [2.45, 2.75) is 77.5 Å². The van der Waals surface area contributed by atoms with Gasteiger partial charge in [0.1, 0.15) is 11.9 Å². The van der Waals surface area contributed by atoms with Crippen molar-refractivity contribution in [1.29, 1.82) is 0 Å². The fourth-order valence-electron chi connectivity index (χ4n) is 4.31. The number of hydrogen-bond donors (Lipinski definition) is 5. The molecule has 2 aromatic carbocycles. The Morgan fingerprint density at radius 1 is 0.895 bits per heavy atom. The van der Waals surface area contributed by atoms with Gasteiger partial charge in [-0.05, 0) is 61.6 Å². The largest absolute Gasteiger partial charge is 0.508 e. The number of carbonyl (C=O) groups excluding carboxylic acids is 3. The molecule has 0 aliphatic rings. The molecule has 38 heavy (non-hydrogen) atoms. The van der Waals surface area contributed by atoms with Crippen LogP contribution in [0.25, 0.3) is 0 Å². The first-order chi connectivity index (χ1) is 18.1. The van der Waals surface area contributed by atoms with Gasteiger partial charge in [0, 0.05) is 29.8 Å². The van der Waals surface area contributed by atoms with Gasteiger partial charge in [-0.3, -0.25) is 14.4 Å². The third-order valence-electron chi connectivity index (χ3n) is 6.37. The number of aromatic hydroxyl groups is 1. The zero-order valence-corrected chi connectivity index (χ0v) is 22.5. The lowest BCUT2D eigenvalue weighted by Gasteiger charge is -2.28. The number of phenolic OH excluding ortho intramolecular Hbond substituents is 1. The van der Waals surface area contributed by atoms with Gasteiger partial charge in [0.2, 0.25) is 5.91 Å². The van der Waals surface area contributed by atoms with Crippen LogP contribution in [0.3, 0.4) is 0 Å². The molecule has 0 heterocycles. The van der Waals surface area contributed by atoms with E-state index in [0.29, 0.717) is 25.9 Å². The van der Waals surface area contributed by atoms with Gasteiger partial charge >= 0.3 is 0 Å². The number of nitrogens with one attached hydrogen (secondary N) is 1. The second kappa shape index (κ2) is 15.1. The molecule has 0 aliphatic carbocycles. The maximum Gasteiger partial charge on any atom is 0.253 e. The van der Waals surface area contributed by atoms with Crippen molar-refractivity contribution in [3.8, 4) is 5.75 Å². The fraction of sp³-hybridized carbons (Fsp3) is 0.483. The highest BCUT2D eigenvalue weighted by Gasteiger charge is 2.29. The van der Waals surface area contributed by atoms with Crippen LogP contribution in [0.1, 0.15) is 89.5 Å². The van der Waals surface area contributed by atoms with E-state index in [4.69, 9.17) is 5.73 Å². The van der Waals surface area contributed by atoms with Crippen molar-refractivity contribution in [1.82, 2.24) is 10.2 Å². The summed E-state index contributed by atoms with van der Waals surface area (Å²) < 4.78 is 0. The summed E-state index contributed by atoms with van der Waals surface area (Å²) in [5.41, 5.74) is 6.47. The number of carbonyl (C=O) groups is 3. The third-order valence-corrected chi connectivity index (χ3v) is 6.37. The van der Waals surface area contributed by atoms with Gasteiger partial charge in [-0.1, -0.05) is 45.7 Å². The molecule has 0 aliphatic heterocycles. The van der Waals surface area contributed by atoms with Gasteiger partial charge in [-0.15, -0.1) is 0 Å². The monoisotopic (exact) mass is 527 g/mol. The minimum Gasteiger partial charge on any atom is -0.508 e. The number of rotatable bonds is 15. The van der Waals surface area contributed by atoms with E-state index >= 15 is 0 Å². The van der Waals surface area contributed by atoms with Crippen molar-refractivity contribution in [3.05, 3.63) is 64.7 Å². The topological polar surface area (TPSA) is 153 Å². The van der Waals surface area contributed by atoms with Gasteiger partial charge in [0.05, 0.1) is 12.1 Å². The van der Waals surface area contributed by atoms with Crippen LogP contribution in [0.15, 0.2) is 42.5 Å². The lowest BCUT2D eigenvalue weighted by molar-refractivity contribution is -0.00814. The molecule has 2 aromatic rings. The first-order valence-electron chi connectivity index (χ1n) is 13.3. The van der Waals surface area contributed by atoms with Crippen molar-refractivity contribution in [3.63, 3.8) is 0 Å². The summed E-state index contributed by atoms with van der Waals surface area (Å²) in [5.74, 6) is -1.62. The van der Waals surface area contributed by atoms with Crippen LogP contribution in [0.4, 0.5) is 0 Å². The molecule has 0 saturated heterocycles. The maximum absolute atomic E-state index is 13.4. The van der Waals surface area contributed by atoms with Gasteiger partial charge < -0.3 is 31.3 Å². The third kappa shape index (κ3) is 8.85. The molecule has 208 valence electrons. The molecule has 0 bridgehead atoms. The number of amides is 3. The van der Waals surface area contributed by atoms with Crippen molar-refractivity contribution in [2.75, 3.05) is 13.1 Å². The van der Waals surface area contributed by atoms with E-state index in [-0.39, 0.29) is 34.8 Å². The summed E-state index contributed by atoms with van der Waals surface area (Å²) >= 11 is 0. The SMILES string of the molecule is CCCCC(O)C(O)C(Cc1ccc(O)cc1)NC(=O)c1cc(C(N)=O)cc(C(=O)N(CCC)CCC)c1. The van der Waals surface area contributed by atoms with E-state index < -0.39 is 30.1 Å². The molecule has 9 nitrogen and oxygen atoms in total. The molecular formula is C29H41N3O6. The molecule has 2 rings (SSSR count). The van der Waals surface area contributed by atoms with E-state index in [0.717, 1.165) is 24.8 Å². The normalized spacial score (nSPS) is 13.4. The number of aliphatic hydroxyl groups is 2. The fourth-order valence-corrected chi connectivity index (χ4v) is 4.31. The molecule has 3 unspecified atom stereocenters. The van der Waals surface area contributed by atoms with Crippen LogP contribution in [-0.4, -0.2) is 69.3 Å². The molecule has 9 heteroatoms. The summed E-state index contributed by atoms with van der Waals surface area (Å²) in [7, 11) is 0. The lowest BCUT2D eigenvalue weighted by Crippen LogP contribution is -2.49. The number of hydrogen-bond acceptors (Lipinski definition) is 6. The second-order valence-corrected chi connectivity index (χ2v) is 9.61. The number of aliphatic hydroxyl groups excluding tert-OH is 2. The molecule has 0 spiro atoms. The highest BCUT2D eigenvalue weighted by Crippen LogP contribution is 2.18. The Labute approximate surface area is 224 Å². The second-order valence-electron chi connectivity index (χ2n) is 9.61. The minimum absolute atomic E-state index is 0.0209. The molecule has 0 fully saturated rings. The Balaban J connectivity index is 2.40. The van der Waals surface area contributed by atoms with E-state index in [1.165, 1.54) is 30.3 Å². The average molecular weight is 528 g/mol. The Hall–Kier alpha value is -3.43. The summed E-state index contributed by atoms with van der Waals surface area (Å²) in [6, 6.07) is 9.57. The van der Waals surface area contributed by atoms with Crippen molar-refractivity contribution < 1.29 is 29.7 Å². The van der Waals surface area contributed by atoms with E-state index in [1.807, 2.05) is 20.8 Å². The van der Waals surface area contributed by atoms with Gasteiger partial charge in [0.25, 0.3) is 11.8 Å². The summed E-state index contributed by atoms with van der Waals surface area (Å²) in [6.45, 7) is 6.96. The number of benzene rings is 2.